The molecule has 3 aromatic rings. The molecule has 0 fully saturated rings. The van der Waals surface area contributed by atoms with E-state index in [1.54, 1.807) is 11.3 Å². The Hall–Kier alpha value is -2.18. The van der Waals surface area contributed by atoms with Crippen molar-refractivity contribution in [2.75, 3.05) is 14.1 Å². The topological polar surface area (TPSA) is 49.6 Å². The fourth-order valence-corrected chi connectivity index (χ4v) is 3.23. The van der Waals surface area contributed by atoms with Crippen molar-refractivity contribution in [3.05, 3.63) is 58.9 Å². The average molecular weight is 328 g/mol. The molecule has 0 atom stereocenters. The monoisotopic (exact) mass is 328 g/mol. The lowest BCUT2D eigenvalue weighted by molar-refractivity contribution is -0.120. The number of thiazole rings is 1. The molecule has 1 amide bonds. The molecule has 2 heterocycles. The van der Waals surface area contributed by atoms with Crippen LogP contribution in [0.4, 0.5) is 0 Å². The maximum Gasteiger partial charge on any atom is 0.226 e. The van der Waals surface area contributed by atoms with Gasteiger partial charge in [-0.25, -0.2) is 4.98 Å². The highest BCUT2D eigenvalue weighted by Gasteiger charge is 2.09. The molecule has 6 heteroatoms. The molecule has 0 unspecified atom stereocenters. The second-order valence-electron chi connectivity index (χ2n) is 5.79. The van der Waals surface area contributed by atoms with Crippen molar-refractivity contribution < 1.29 is 4.79 Å². The number of nitrogens with one attached hydrogen (secondary N) is 1. The molecule has 0 radical (unpaired) electrons. The van der Waals surface area contributed by atoms with Gasteiger partial charge < -0.3 is 10.2 Å². The van der Waals surface area contributed by atoms with Gasteiger partial charge in [0.25, 0.3) is 0 Å². The smallest absolute Gasteiger partial charge is 0.226 e. The van der Waals surface area contributed by atoms with Crippen molar-refractivity contribution in [3.8, 4) is 0 Å². The summed E-state index contributed by atoms with van der Waals surface area (Å²) in [7, 11) is 4.08. The zero-order valence-corrected chi connectivity index (χ0v) is 14.1. The van der Waals surface area contributed by atoms with Crippen molar-refractivity contribution in [2.45, 2.75) is 19.5 Å². The standard InChI is InChI=1S/C17H20N4OS/c1-20(2)11-14-6-4-3-5-13(14)10-18-16(22)9-15-12-21-7-8-23-17(21)19-15/h3-8,12H,9-11H2,1-2H3,(H,18,22). The van der Waals surface area contributed by atoms with Gasteiger partial charge in [-0.05, 0) is 25.2 Å². The van der Waals surface area contributed by atoms with E-state index in [9.17, 15) is 4.79 Å². The van der Waals surface area contributed by atoms with Crippen molar-refractivity contribution >= 4 is 22.2 Å². The summed E-state index contributed by atoms with van der Waals surface area (Å²) in [6.07, 6.45) is 4.17. The summed E-state index contributed by atoms with van der Waals surface area (Å²) >= 11 is 1.57. The first kappa shape index (κ1) is 15.7. The van der Waals surface area contributed by atoms with E-state index < -0.39 is 0 Å². The number of amides is 1. The zero-order chi connectivity index (χ0) is 16.2. The average Bonchev–Trinajstić information content (AvgIpc) is 3.07. The van der Waals surface area contributed by atoms with Crippen molar-refractivity contribution in [1.82, 2.24) is 19.6 Å². The maximum atomic E-state index is 12.2. The van der Waals surface area contributed by atoms with Gasteiger partial charge in [-0.2, -0.15) is 0 Å². The van der Waals surface area contributed by atoms with Gasteiger partial charge in [-0.3, -0.25) is 9.20 Å². The number of fused-ring (bicyclic) bond motifs is 1. The summed E-state index contributed by atoms with van der Waals surface area (Å²) < 4.78 is 1.94. The van der Waals surface area contributed by atoms with Crippen LogP contribution in [0.5, 0.6) is 0 Å². The Morgan fingerprint density at radius 2 is 2.09 bits per heavy atom. The highest BCUT2D eigenvalue weighted by molar-refractivity contribution is 7.15. The van der Waals surface area contributed by atoms with Gasteiger partial charge in [-0.15, -0.1) is 11.3 Å². The van der Waals surface area contributed by atoms with Gasteiger partial charge in [0.15, 0.2) is 4.96 Å². The van der Waals surface area contributed by atoms with Crippen LogP contribution in [0.15, 0.2) is 42.0 Å². The third-order valence-electron chi connectivity index (χ3n) is 3.57. The Balaban J connectivity index is 1.59. The van der Waals surface area contributed by atoms with Gasteiger partial charge in [0.05, 0.1) is 12.1 Å². The molecule has 3 rings (SSSR count). The van der Waals surface area contributed by atoms with Gasteiger partial charge in [0.1, 0.15) is 0 Å². The number of imidazole rings is 1. The molecule has 0 bridgehead atoms. The third-order valence-corrected chi connectivity index (χ3v) is 4.34. The minimum absolute atomic E-state index is 0.00425. The number of nitrogens with zero attached hydrogens (tertiary/aromatic N) is 3. The second kappa shape index (κ2) is 6.93. The molecule has 5 nitrogen and oxygen atoms in total. The van der Waals surface area contributed by atoms with Crippen LogP contribution in [0.1, 0.15) is 16.8 Å². The fraction of sp³-hybridized carbons (Fsp3) is 0.294. The summed E-state index contributed by atoms with van der Waals surface area (Å²) in [5.74, 6) is -0.00425. The quantitative estimate of drug-likeness (QED) is 0.755. The Morgan fingerprint density at radius 1 is 1.30 bits per heavy atom. The first-order valence-corrected chi connectivity index (χ1v) is 8.39. The number of hydrogen-bond donors (Lipinski definition) is 1. The van der Waals surface area contributed by atoms with Gasteiger partial charge in [-0.1, -0.05) is 24.3 Å². The van der Waals surface area contributed by atoms with Crippen molar-refractivity contribution in [1.29, 1.82) is 0 Å². The predicted octanol–water partition coefficient (Wildman–Crippen LogP) is 2.32. The highest BCUT2D eigenvalue weighted by atomic mass is 32.1. The number of aromatic nitrogens is 2. The molecule has 0 aliphatic heterocycles. The van der Waals surface area contributed by atoms with E-state index in [4.69, 9.17) is 0 Å². The van der Waals surface area contributed by atoms with E-state index in [0.29, 0.717) is 13.0 Å². The minimum atomic E-state index is -0.00425. The van der Waals surface area contributed by atoms with E-state index in [1.165, 1.54) is 5.56 Å². The lowest BCUT2D eigenvalue weighted by Crippen LogP contribution is -2.25. The molecule has 23 heavy (non-hydrogen) atoms. The summed E-state index contributed by atoms with van der Waals surface area (Å²) in [5.41, 5.74) is 3.19. The van der Waals surface area contributed by atoms with Crippen LogP contribution < -0.4 is 5.32 Å². The number of carbonyl (C=O) groups excluding carboxylic acids is 1. The SMILES string of the molecule is CN(C)Cc1ccccc1CNC(=O)Cc1cn2ccsc2n1. The first-order chi connectivity index (χ1) is 11.1. The molecule has 2 aromatic heterocycles. The molecule has 0 spiro atoms. The van der Waals surface area contributed by atoms with Gasteiger partial charge in [0, 0.05) is 30.9 Å². The Bertz CT molecular complexity index is 777. The second-order valence-corrected chi connectivity index (χ2v) is 6.66. The maximum absolute atomic E-state index is 12.2. The van der Waals surface area contributed by atoms with E-state index >= 15 is 0 Å². The van der Waals surface area contributed by atoms with Gasteiger partial charge >= 0.3 is 0 Å². The first-order valence-electron chi connectivity index (χ1n) is 7.51. The number of hydrogen-bond acceptors (Lipinski definition) is 4. The molecule has 0 aliphatic carbocycles. The lowest BCUT2D eigenvalue weighted by atomic mass is 10.1. The highest BCUT2D eigenvalue weighted by Crippen LogP contribution is 2.12. The lowest BCUT2D eigenvalue weighted by Gasteiger charge is -2.14. The predicted molar refractivity (Wildman–Crippen MR) is 92.5 cm³/mol. The zero-order valence-electron chi connectivity index (χ0n) is 13.3. The van der Waals surface area contributed by atoms with E-state index in [-0.39, 0.29) is 5.91 Å². The molecule has 1 aromatic carbocycles. The molecular weight excluding hydrogens is 308 g/mol. The van der Waals surface area contributed by atoms with E-state index in [1.807, 2.05) is 48.4 Å². The molecule has 120 valence electrons. The number of carbonyl (C=O) groups is 1. The van der Waals surface area contributed by atoms with E-state index in [2.05, 4.69) is 27.3 Å². The van der Waals surface area contributed by atoms with Crippen LogP contribution in [0.2, 0.25) is 0 Å². The fourth-order valence-electron chi connectivity index (χ4n) is 2.51. The molecule has 0 saturated carbocycles. The molecular formula is C17H20N4OS. The van der Waals surface area contributed by atoms with Crippen LogP contribution in [0, 0.1) is 0 Å². The van der Waals surface area contributed by atoms with Gasteiger partial charge in [0.2, 0.25) is 5.91 Å². The van der Waals surface area contributed by atoms with Crippen LogP contribution in [-0.4, -0.2) is 34.3 Å². The number of benzene rings is 1. The molecule has 0 aliphatic rings. The summed E-state index contributed by atoms with van der Waals surface area (Å²) in [6.45, 7) is 1.41. The Kier molecular flexibility index (Phi) is 4.73. The van der Waals surface area contributed by atoms with Crippen molar-refractivity contribution in [3.63, 3.8) is 0 Å². The summed E-state index contributed by atoms with van der Waals surface area (Å²) in [6, 6.07) is 8.20. The Labute approximate surface area is 139 Å². The normalized spacial score (nSPS) is 11.3. The Morgan fingerprint density at radius 3 is 2.83 bits per heavy atom. The summed E-state index contributed by atoms with van der Waals surface area (Å²) in [5, 5.41) is 4.97. The largest absolute Gasteiger partial charge is 0.352 e. The minimum Gasteiger partial charge on any atom is -0.352 e. The summed E-state index contributed by atoms with van der Waals surface area (Å²) in [4.78, 5) is 19.6. The molecule has 1 N–H and O–H groups in total. The third kappa shape index (κ3) is 3.97. The van der Waals surface area contributed by atoms with Crippen LogP contribution >= 0.6 is 11.3 Å². The van der Waals surface area contributed by atoms with E-state index in [0.717, 1.165) is 22.8 Å². The van der Waals surface area contributed by atoms with Crippen LogP contribution in [-0.2, 0) is 24.3 Å². The molecule has 0 saturated heterocycles. The van der Waals surface area contributed by atoms with Crippen LogP contribution in [0.3, 0.4) is 0 Å². The van der Waals surface area contributed by atoms with Crippen molar-refractivity contribution in [2.24, 2.45) is 0 Å². The number of rotatable bonds is 6. The van der Waals surface area contributed by atoms with Crippen LogP contribution in [0.25, 0.3) is 4.96 Å².